The molecule has 2 fully saturated rings. The summed E-state index contributed by atoms with van der Waals surface area (Å²) >= 11 is 0. The van der Waals surface area contributed by atoms with Gasteiger partial charge in [-0.05, 0) is 33.6 Å². The SMILES string of the molecule is Cc1nc(C)c(C)c(N2CC3(CC(O)C3)C2)n1. The van der Waals surface area contributed by atoms with Crippen molar-refractivity contribution in [2.75, 3.05) is 18.0 Å². The van der Waals surface area contributed by atoms with Gasteiger partial charge in [0.15, 0.2) is 0 Å². The zero-order chi connectivity index (χ0) is 12.2. The van der Waals surface area contributed by atoms with E-state index in [2.05, 4.69) is 21.8 Å². The molecule has 1 aromatic rings. The lowest BCUT2D eigenvalue weighted by Crippen LogP contribution is -2.64. The zero-order valence-corrected chi connectivity index (χ0v) is 10.7. The fraction of sp³-hybridized carbons (Fsp3) is 0.692. The number of hydrogen-bond acceptors (Lipinski definition) is 4. The average molecular weight is 233 g/mol. The molecule has 0 amide bonds. The number of aliphatic hydroxyl groups is 1. The van der Waals surface area contributed by atoms with Crippen LogP contribution in [-0.4, -0.2) is 34.3 Å². The van der Waals surface area contributed by atoms with E-state index in [0.717, 1.165) is 43.3 Å². The molecule has 1 aliphatic carbocycles. The molecule has 4 heteroatoms. The van der Waals surface area contributed by atoms with Gasteiger partial charge in [0.1, 0.15) is 11.6 Å². The molecule has 0 atom stereocenters. The summed E-state index contributed by atoms with van der Waals surface area (Å²) in [5.41, 5.74) is 2.64. The maximum Gasteiger partial charge on any atom is 0.135 e. The van der Waals surface area contributed by atoms with Gasteiger partial charge < -0.3 is 10.0 Å². The molecule has 17 heavy (non-hydrogen) atoms. The first-order valence-corrected chi connectivity index (χ1v) is 6.24. The van der Waals surface area contributed by atoms with Crippen LogP contribution in [0.5, 0.6) is 0 Å². The standard InChI is InChI=1S/C13H19N3O/c1-8-9(2)14-10(3)15-12(8)16-6-13(7-16)4-11(17)5-13/h11,17H,4-7H2,1-3H3. The van der Waals surface area contributed by atoms with E-state index in [9.17, 15) is 5.11 Å². The number of aromatic nitrogens is 2. The third kappa shape index (κ3) is 1.62. The molecule has 1 spiro atoms. The number of hydrogen-bond donors (Lipinski definition) is 1. The Morgan fingerprint density at radius 3 is 2.41 bits per heavy atom. The molecular formula is C13H19N3O. The maximum atomic E-state index is 9.40. The molecule has 1 saturated carbocycles. The molecule has 2 heterocycles. The van der Waals surface area contributed by atoms with E-state index in [1.165, 1.54) is 5.56 Å². The first kappa shape index (κ1) is 11.0. The van der Waals surface area contributed by atoms with E-state index in [4.69, 9.17) is 0 Å². The average Bonchev–Trinajstić information content (AvgIpc) is 2.15. The Bertz CT molecular complexity index is 458. The summed E-state index contributed by atoms with van der Waals surface area (Å²) in [6.07, 6.45) is 1.86. The number of anilines is 1. The monoisotopic (exact) mass is 233 g/mol. The normalized spacial score (nSPS) is 22.5. The highest BCUT2D eigenvalue weighted by atomic mass is 16.3. The molecule has 2 aliphatic rings. The quantitative estimate of drug-likeness (QED) is 0.795. The lowest BCUT2D eigenvalue weighted by Gasteiger charge is -2.58. The van der Waals surface area contributed by atoms with Crippen molar-refractivity contribution in [3.8, 4) is 0 Å². The summed E-state index contributed by atoms with van der Waals surface area (Å²) in [6, 6.07) is 0. The predicted molar refractivity (Wildman–Crippen MR) is 66.1 cm³/mol. The molecular weight excluding hydrogens is 214 g/mol. The van der Waals surface area contributed by atoms with Crippen LogP contribution in [0.25, 0.3) is 0 Å². The van der Waals surface area contributed by atoms with E-state index >= 15 is 0 Å². The van der Waals surface area contributed by atoms with Gasteiger partial charge in [0.25, 0.3) is 0 Å². The van der Waals surface area contributed by atoms with Gasteiger partial charge in [0, 0.05) is 29.8 Å². The molecule has 4 nitrogen and oxygen atoms in total. The Morgan fingerprint density at radius 1 is 1.18 bits per heavy atom. The molecule has 0 unspecified atom stereocenters. The van der Waals surface area contributed by atoms with Crippen LogP contribution in [0.1, 0.15) is 29.9 Å². The lowest BCUT2D eigenvalue weighted by molar-refractivity contribution is -0.0495. The van der Waals surface area contributed by atoms with E-state index in [1.807, 2.05) is 13.8 Å². The molecule has 92 valence electrons. The second kappa shape index (κ2) is 3.42. The molecule has 1 saturated heterocycles. The van der Waals surface area contributed by atoms with Crippen LogP contribution in [0.2, 0.25) is 0 Å². The first-order chi connectivity index (χ1) is 7.99. The molecule has 3 rings (SSSR count). The summed E-state index contributed by atoms with van der Waals surface area (Å²) in [7, 11) is 0. The fourth-order valence-corrected chi connectivity index (χ4v) is 3.17. The van der Waals surface area contributed by atoms with Crippen molar-refractivity contribution in [3.63, 3.8) is 0 Å². The van der Waals surface area contributed by atoms with Crippen LogP contribution in [0.15, 0.2) is 0 Å². The Labute approximate surface area is 102 Å². The first-order valence-electron chi connectivity index (χ1n) is 6.24. The van der Waals surface area contributed by atoms with Crippen LogP contribution < -0.4 is 4.90 Å². The van der Waals surface area contributed by atoms with Crippen LogP contribution in [-0.2, 0) is 0 Å². The van der Waals surface area contributed by atoms with Crippen LogP contribution in [0.4, 0.5) is 5.82 Å². The van der Waals surface area contributed by atoms with Gasteiger partial charge in [0.2, 0.25) is 0 Å². The Balaban J connectivity index is 1.79. The third-order valence-electron chi connectivity index (χ3n) is 4.16. The summed E-state index contributed by atoms with van der Waals surface area (Å²) in [5.74, 6) is 1.93. The van der Waals surface area contributed by atoms with E-state index in [-0.39, 0.29) is 6.10 Å². The summed E-state index contributed by atoms with van der Waals surface area (Å²) in [4.78, 5) is 11.3. The van der Waals surface area contributed by atoms with Gasteiger partial charge in [0.05, 0.1) is 6.10 Å². The van der Waals surface area contributed by atoms with E-state index in [1.54, 1.807) is 0 Å². The number of aliphatic hydroxyl groups excluding tert-OH is 1. The van der Waals surface area contributed by atoms with Gasteiger partial charge in [-0.3, -0.25) is 0 Å². The second-order valence-corrected chi connectivity index (χ2v) is 5.72. The minimum Gasteiger partial charge on any atom is -0.393 e. The van der Waals surface area contributed by atoms with Crippen LogP contribution >= 0.6 is 0 Å². The van der Waals surface area contributed by atoms with Gasteiger partial charge in [-0.15, -0.1) is 0 Å². The lowest BCUT2D eigenvalue weighted by atomic mass is 9.62. The van der Waals surface area contributed by atoms with Crippen molar-refractivity contribution in [1.82, 2.24) is 9.97 Å². The second-order valence-electron chi connectivity index (χ2n) is 5.72. The Morgan fingerprint density at radius 2 is 1.82 bits per heavy atom. The van der Waals surface area contributed by atoms with Crippen molar-refractivity contribution in [2.24, 2.45) is 5.41 Å². The third-order valence-corrected chi connectivity index (χ3v) is 4.16. The van der Waals surface area contributed by atoms with Gasteiger partial charge in [-0.2, -0.15) is 0 Å². The Hall–Kier alpha value is -1.16. The van der Waals surface area contributed by atoms with Crippen molar-refractivity contribution in [3.05, 3.63) is 17.1 Å². The smallest absolute Gasteiger partial charge is 0.135 e. The fourth-order valence-electron chi connectivity index (χ4n) is 3.17. The largest absolute Gasteiger partial charge is 0.393 e. The molecule has 1 aromatic heterocycles. The highest BCUT2D eigenvalue weighted by molar-refractivity contribution is 5.51. The van der Waals surface area contributed by atoms with Crippen molar-refractivity contribution in [2.45, 2.75) is 39.7 Å². The van der Waals surface area contributed by atoms with Crippen LogP contribution in [0, 0.1) is 26.2 Å². The predicted octanol–water partition coefficient (Wildman–Crippen LogP) is 1.36. The van der Waals surface area contributed by atoms with E-state index in [0.29, 0.717) is 5.41 Å². The van der Waals surface area contributed by atoms with Gasteiger partial charge in [-0.1, -0.05) is 0 Å². The highest BCUT2D eigenvalue weighted by Crippen LogP contribution is 2.49. The molecule has 1 N–H and O–H groups in total. The summed E-state index contributed by atoms with van der Waals surface area (Å²) in [6.45, 7) is 8.15. The molecule has 1 aliphatic heterocycles. The number of rotatable bonds is 1. The number of aryl methyl sites for hydroxylation is 2. The van der Waals surface area contributed by atoms with Crippen molar-refractivity contribution < 1.29 is 5.11 Å². The van der Waals surface area contributed by atoms with Gasteiger partial charge >= 0.3 is 0 Å². The van der Waals surface area contributed by atoms with E-state index < -0.39 is 0 Å². The molecule has 0 aromatic carbocycles. The van der Waals surface area contributed by atoms with Crippen molar-refractivity contribution in [1.29, 1.82) is 0 Å². The molecule has 0 bridgehead atoms. The zero-order valence-electron chi connectivity index (χ0n) is 10.7. The molecule has 0 radical (unpaired) electrons. The summed E-state index contributed by atoms with van der Waals surface area (Å²) in [5, 5.41) is 9.40. The topological polar surface area (TPSA) is 49.2 Å². The summed E-state index contributed by atoms with van der Waals surface area (Å²) < 4.78 is 0. The number of nitrogens with zero attached hydrogens (tertiary/aromatic N) is 3. The minimum atomic E-state index is -0.0629. The van der Waals surface area contributed by atoms with Gasteiger partial charge in [-0.25, -0.2) is 9.97 Å². The highest BCUT2D eigenvalue weighted by Gasteiger charge is 2.52. The minimum absolute atomic E-state index is 0.0629. The van der Waals surface area contributed by atoms with Crippen molar-refractivity contribution >= 4 is 5.82 Å². The van der Waals surface area contributed by atoms with Crippen LogP contribution in [0.3, 0.4) is 0 Å². The Kier molecular flexibility index (Phi) is 2.20. The maximum absolute atomic E-state index is 9.40.